The van der Waals surface area contributed by atoms with Gasteiger partial charge in [-0.1, -0.05) is 34.9 Å². The maximum atomic E-state index is 10.9. The zero-order valence-corrected chi connectivity index (χ0v) is 11.6. The molecule has 0 fully saturated rings. The second-order valence-electron chi connectivity index (χ2n) is 2.69. The molecule has 0 saturated heterocycles. The first kappa shape index (κ1) is 15.7. The first-order valence-corrected chi connectivity index (χ1v) is 5.45. The van der Waals surface area contributed by atoms with Crippen molar-refractivity contribution in [2.45, 2.75) is 12.6 Å². The van der Waals surface area contributed by atoms with E-state index in [0.717, 1.165) is 5.56 Å². The molecule has 1 aromatic rings. The van der Waals surface area contributed by atoms with Gasteiger partial charge in [-0.05, 0) is 5.56 Å². The van der Waals surface area contributed by atoms with Gasteiger partial charge in [0.2, 0.25) is 6.03 Å². The van der Waals surface area contributed by atoms with Gasteiger partial charge >= 0.3 is 43.1 Å². The normalized spacial score (nSPS) is 12.2. The monoisotopic (exact) mass is 251 g/mol. The van der Waals surface area contributed by atoms with Gasteiger partial charge in [0.05, 0.1) is 0 Å². The van der Waals surface area contributed by atoms with Gasteiger partial charge in [-0.3, -0.25) is 0 Å². The van der Waals surface area contributed by atoms with Crippen LogP contribution in [0, 0.1) is 0 Å². The van der Waals surface area contributed by atoms with Crippen molar-refractivity contribution in [3.63, 3.8) is 0 Å². The van der Waals surface area contributed by atoms with Crippen molar-refractivity contribution in [2.24, 2.45) is 0 Å². The molecule has 80 valence electrons. The number of hydrogen-bond acceptors (Lipinski definition) is 5. The van der Waals surface area contributed by atoms with Crippen LogP contribution in [0.15, 0.2) is 30.3 Å². The Bertz CT molecular complexity index is 354. The molecule has 0 aliphatic heterocycles. The van der Waals surface area contributed by atoms with Crippen molar-refractivity contribution in [1.29, 1.82) is 0 Å². The van der Waals surface area contributed by atoms with Gasteiger partial charge in [-0.25, -0.2) is 0 Å². The first-order chi connectivity index (χ1) is 7.11. The van der Waals surface area contributed by atoms with E-state index in [-0.39, 0.29) is 36.2 Å². The van der Waals surface area contributed by atoms with Gasteiger partial charge in [0.25, 0.3) is 0 Å². The molecule has 0 aliphatic rings. The minimum atomic E-state index is -2.91. The molecule has 5 nitrogen and oxygen atoms in total. The van der Waals surface area contributed by atoms with Crippen LogP contribution in [0.1, 0.15) is 5.56 Å². The van der Waals surface area contributed by atoms with Crippen LogP contribution < -0.4 is 34.7 Å². The van der Waals surface area contributed by atoms with E-state index < -0.39 is 19.5 Å². The smallest absolute Gasteiger partial charge is 0.790 e. The van der Waals surface area contributed by atoms with Crippen molar-refractivity contribution in [1.82, 2.24) is 0 Å². The Balaban J connectivity index is 0.00000225. The number of benzene rings is 1. The minimum absolute atomic E-state index is 0. The van der Waals surface area contributed by atoms with E-state index in [2.05, 4.69) is 4.74 Å². The molecule has 1 N–H and O–H groups in total. The van der Waals surface area contributed by atoms with E-state index in [1.54, 1.807) is 30.3 Å². The van der Waals surface area contributed by atoms with Crippen LogP contribution in [0.2, 0.25) is 0 Å². The van der Waals surface area contributed by atoms with Crippen molar-refractivity contribution < 1.29 is 53.9 Å². The molecule has 0 amide bonds. The zero-order valence-electron chi connectivity index (χ0n) is 8.70. The summed E-state index contributed by atoms with van der Waals surface area (Å²) in [6, 6.07) is 6.33. The van der Waals surface area contributed by atoms with Crippen molar-refractivity contribution in [3.05, 3.63) is 35.9 Å². The fraction of sp³-hybridized carbons (Fsp3) is 0.222. The Hall–Kier alpha value is -0.290. The number of aliphatic hydroxyl groups is 1. The van der Waals surface area contributed by atoms with Crippen LogP contribution >= 0.6 is 7.80 Å². The van der Waals surface area contributed by atoms with E-state index >= 15 is 0 Å². The Morgan fingerprint density at radius 2 is 2.00 bits per heavy atom. The summed E-state index contributed by atoms with van der Waals surface area (Å²) >= 11 is 0. The maximum Gasteiger partial charge on any atom is 1.00 e. The predicted molar refractivity (Wildman–Crippen MR) is 50.2 cm³/mol. The van der Waals surface area contributed by atoms with E-state index in [4.69, 9.17) is 5.11 Å². The number of aliphatic hydroxyl groups excluding tert-OH is 1. The van der Waals surface area contributed by atoms with Crippen molar-refractivity contribution in [3.8, 4) is 0 Å². The molecule has 0 aliphatic carbocycles. The zero-order chi connectivity index (χ0) is 11.3. The van der Waals surface area contributed by atoms with Gasteiger partial charge < -0.3 is 14.9 Å². The van der Waals surface area contributed by atoms with E-state index in [1.807, 2.05) is 0 Å². The average molecular weight is 251 g/mol. The molecule has 0 spiro atoms. The molecule has 0 saturated carbocycles. The van der Waals surface area contributed by atoms with Crippen LogP contribution in [0.5, 0.6) is 0 Å². The SMILES string of the molecule is O=C(OCc1ccccc1)[P+](=O)C([O-])O.[Na+]. The third-order valence-electron chi connectivity index (χ3n) is 1.59. The van der Waals surface area contributed by atoms with Crippen LogP contribution in [-0.2, 0) is 15.9 Å². The third kappa shape index (κ3) is 5.16. The summed E-state index contributed by atoms with van der Waals surface area (Å²) < 4.78 is 15.3. The second-order valence-corrected chi connectivity index (χ2v) is 4.15. The summed E-state index contributed by atoms with van der Waals surface area (Å²) in [5.41, 5.74) is -0.453. The standard InChI is InChI=1S/C9H9O5P.Na/c10-8(11)15(13)9(12)14-6-7-4-2-1-3-5-7;/h1-5,8,10H,6H2;/q;+1. The molecule has 2 atom stereocenters. The van der Waals surface area contributed by atoms with Gasteiger partial charge in [0, 0.05) is 0 Å². The summed E-state index contributed by atoms with van der Waals surface area (Å²) in [4.78, 5) is 10.9. The molecule has 16 heavy (non-hydrogen) atoms. The summed E-state index contributed by atoms with van der Waals surface area (Å²) in [6.07, 6.45) is 0. The molecule has 0 radical (unpaired) electrons. The quantitative estimate of drug-likeness (QED) is 0.372. The molecule has 1 rings (SSSR count). The molecule has 2 unspecified atom stereocenters. The first-order valence-electron chi connectivity index (χ1n) is 4.12. The molecule has 7 heteroatoms. The van der Waals surface area contributed by atoms with Gasteiger partial charge in [0.1, 0.15) is 6.61 Å². The Labute approximate surface area is 116 Å². The largest absolute Gasteiger partial charge is 1.00 e. The fourth-order valence-corrected chi connectivity index (χ4v) is 1.25. The van der Waals surface area contributed by atoms with E-state index in [9.17, 15) is 14.5 Å². The number of ether oxygens (including phenoxy) is 1. The Morgan fingerprint density at radius 3 is 2.50 bits per heavy atom. The summed E-state index contributed by atoms with van der Waals surface area (Å²) in [6.45, 7) is -0.0620. The van der Waals surface area contributed by atoms with E-state index in [0.29, 0.717) is 0 Å². The Morgan fingerprint density at radius 1 is 1.44 bits per heavy atom. The van der Waals surface area contributed by atoms with Crippen LogP contribution in [-0.4, -0.2) is 16.8 Å². The molecular formula is C9H9NaO5P+. The third-order valence-corrected chi connectivity index (χ3v) is 2.48. The number of rotatable bonds is 4. The molecule has 0 heterocycles. The molecular weight excluding hydrogens is 242 g/mol. The van der Waals surface area contributed by atoms with Crippen LogP contribution in [0.3, 0.4) is 0 Å². The van der Waals surface area contributed by atoms with Gasteiger partial charge in [-0.2, -0.15) is 4.79 Å². The summed E-state index contributed by atoms with van der Waals surface area (Å²) in [5.74, 6) is 0. The summed E-state index contributed by atoms with van der Waals surface area (Å²) in [7, 11) is -2.91. The predicted octanol–water partition coefficient (Wildman–Crippen LogP) is -2.21. The van der Waals surface area contributed by atoms with Crippen molar-refractivity contribution in [2.75, 3.05) is 0 Å². The fourth-order valence-electron chi connectivity index (χ4n) is 0.873. The maximum absolute atomic E-state index is 10.9. The topological polar surface area (TPSA) is 86.7 Å². The molecule has 0 bridgehead atoms. The average Bonchev–Trinajstić information content (AvgIpc) is 2.26. The summed E-state index contributed by atoms with van der Waals surface area (Å²) in [5, 5.41) is 18.6. The van der Waals surface area contributed by atoms with Crippen LogP contribution in [0.25, 0.3) is 0 Å². The van der Waals surface area contributed by atoms with Crippen molar-refractivity contribution >= 4 is 13.5 Å². The number of carbonyl (C=O) groups is 1. The molecule has 0 aromatic heterocycles. The second kappa shape index (κ2) is 7.90. The van der Waals surface area contributed by atoms with Gasteiger partial charge in [0.15, 0.2) is 0 Å². The Kier molecular flexibility index (Phi) is 7.76. The van der Waals surface area contributed by atoms with E-state index in [1.165, 1.54) is 0 Å². The van der Waals surface area contributed by atoms with Crippen LogP contribution in [0.4, 0.5) is 4.79 Å². The number of hydrogen-bond donors (Lipinski definition) is 1. The van der Waals surface area contributed by atoms with Gasteiger partial charge in [-0.15, -0.1) is 0 Å². The molecule has 1 aromatic carbocycles. The number of carbonyl (C=O) groups excluding carboxylic acids is 1. The minimum Gasteiger partial charge on any atom is -0.790 e.